The minimum atomic E-state index is -0.134. The summed E-state index contributed by atoms with van der Waals surface area (Å²) in [6, 6.07) is 1.53. The van der Waals surface area contributed by atoms with E-state index in [0.717, 1.165) is 19.4 Å². The number of hydrogen-bond acceptors (Lipinski definition) is 4. The second-order valence-corrected chi connectivity index (χ2v) is 3.97. The molecule has 0 aliphatic carbocycles. The zero-order chi connectivity index (χ0) is 12.1. The molecule has 1 aromatic heterocycles. The van der Waals surface area contributed by atoms with Gasteiger partial charge in [-0.1, -0.05) is 0 Å². The third-order valence-corrected chi connectivity index (χ3v) is 2.82. The van der Waals surface area contributed by atoms with Crippen molar-refractivity contribution < 1.29 is 9.53 Å². The number of urea groups is 1. The van der Waals surface area contributed by atoms with Crippen molar-refractivity contribution in [2.75, 3.05) is 25.5 Å². The Morgan fingerprint density at radius 2 is 2.53 bits per heavy atom. The molecule has 0 spiro atoms. The van der Waals surface area contributed by atoms with Crippen LogP contribution in [0, 0.1) is 0 Å². The van der Waals surface area contributed by atoms with Gasteiger partial charge in [0.15, 0.2) is 0 Å². The van der Waals surface area contributed by atoms with E-state index in [4.69, 9.17) is 4.74 Å². The molecule has 1 fully saturated rings. The minimum absolute atomic E-state index is 0.134. The molecule has 17 heavy (non-hydrogen) atoms. The Morgan fingerprint density at radius 1 is 1.65 bits per heavy atom. The van der Waals surface area contributed by atoms with Crippen LogP contribution in [-0.4, -0.2) is 47.2 Å². The second-order valence-electron chi connectivity index (χ2n) is 3.97. The van der Waals surface area contributed by atoms with E-state index in [1.165, 1.54) is 6.33 Å². The van der Waals surface area contributed by atoms with Gasteiger partial charge in [0.05, 0.1) is 6.10 Å². The fourth-order valence-electron chi connectivity index (χ4n) is 1.87. The van der Waals surface area contributed by atoms with Crippen molar-refractivity contribution in [3.8, 4) is 0 Å². The van der Waals surface area contributed by atoms with Gasteiger partial charge in [0.25, 0.3) is 0 Å². The van der Waals surface area contributed by atoms with Crippen molar-refractivity contribution >= 4 is 11.8 Å². The first-order valence-electron chi connectivity index (χ1n) is 5.64. The lowest BCUT2D eigenvalue weighted by molar-refractivity contribution is 0.0458. The van der Waals surface area contributed by atoms with Gasteiger partial charge < -0.3 is 9.64 Å². The van der Waals surface area contributed by atoms with Crippen LogP contribution in [0.1, 0.15) is 12.8 Å². The summed E-state index contributed by atoms with van der Waals surface area (Å²) < 4.78 is 5.27. The third-order valence-electron chi connectivity index (χ3n) is 2.82. The lowest BCUT2D eigenvalue weighted by Crippen LogP contribution is -2.45. The molecular weight excluding hydrogens is 220 g/mol. The number of nitrogens with zero attached hydrogens (tertiary/aromatic N) is 3. The second kappa shape index (κ2) is 5.58. The average molecular weight is 236 g/mol. The molecule has 0 aromatic carbocycles. The summed E-state index contributed by atoms with van der Waals surface area (Å²) in [4.78, 5) is 21.4. The van der Waals surface area contributed by atoms with E-state index in [9.17, 15) is 4.79 Å². The Labute approximate surface area is 100 Å². The van der Waals surface area contributed by atoms with Gasteiger partial charge >= 0.3 is 6.03 Å². The summed E-state index contributed by atoms with van der Waals surface area (Å²) in [6.07, 6.45) is 5.12. The smallest absolute Gasteiger partial charge is 0.323 e. The van der Waals surface area contributed by atoms with E-state index in [1.807, 2.05) is 0 Å². The number of likely N-dealkylation sites (tertiary alicyclic amines) is 1. The predicted octanol–water partition coefficient (Wildman–Crippen LogP) is 1.12. The molecule has 1 atom stereocenters. The molecule has 1 unspecified atom stereocenters. The Hall–Kier alpha value is -1.69. The maximum Gasteiger partial charge on any atom is 0.323 e. The number of carbonyl (C=O) groups excluding carboxylic acids is 1. The highest BCUT2D eigenvalue weighted by molar-refractivity contribution is 5.88. The quantitative estimate of drug-likeness (QED) is 0.835. The minimum Gasteiger partial charge on any atom is -0.380 e. The molecular formula is C11H16N4O2. The van der Waals surface area contributed by atoms with Crippen molar-refractivity contribution in [3.05, 3.63) is 18.6 Å². The van der Waals surface area contributed by atoms with E-state index in [0.29, 0.717) is 12.4 Å². The number of aromatic nitrogens is 2. The van der Waals surface area contributed by atoms with Gasteiger partial charge in [-0.15, -0.1) is 0 Å². The van der Waals surface area contributed by atoms with Gasteiger partial charge in [-0.25, -0.2) is 14.8 Å². The van der Waals surface area contributed by atoms with Gasteiger partial charge in [0.2, 0.25) is 0 Å². The summed E-state index contributed by atoms with van der Waals surface area (Å²) in [5.41, 5.74) is 0. The van der Waals surface area contributed by atoms with Crippen LogP contribution in [0.3, 0.4) is 0 Å². The van der Waals surface area contributed by atoms with Crippen LogP contribution in [0.5, 0.6) is 0 Å². The van der Waals surface area contributed by atoms with E-state index in [-0.39, 0.29) is 12.1 Å². The summed E-state index contributed by atoms with van der Waals surface area (Å²) in [7, 11) is 1.68. The molecule has 1 aromatic rings. The van der Waals surface area contributed by atoms with Gasteiger partial charge in [0.1, 0.15) is 12.1 Å². The van der Waals surface area contributed by atoms with Crippen LogP contribution in [0.15, 0.2) is 18.6 Å². The zero-order valence-electron chi connectivity index (χ0n) is 9.80. The van der Waals surface area contributed by atoms with Crippen LogP contribution < -0.4 is 5.32 Å². The Balaban J connectivity index is 1.91. The molecule has 2 heterocycles. The first-order chi connectivity index (χ1) is 8.29. The maximum atomic E-state index is 11.9. The molecule has 92 valence electrons. The zero-order valence-corrected chi connectivity index (χ0v) is 9.80. The van der Waals surface area contributed by atoms with Gasteiger partial charge in [-0.3, -0.25) is 5.32 Å². The molecule has 6 nitrogen and oxygen atoms in total. The summed E-state index contributed by atoms with van der Waals surface area (Å²) >= 11 is 0. The number of rotatable bonds is 2. The summed E-state index contributed by atoms with van der Waals surface area (Å²) in [5.74, 6) is 0.518. The standard InChI is InChI=1S/C11H16N4O2/c1-17-9-3-2-6-15(7-9)11(16)14-10-4-5-12-8-13-10/h4-5,8-9H,2-3,6-7H2,1H3,(H,12,13,14,16). The lowest BCUT2D eigenvalue weighted by Gasteiger charge is -2.31. The molecule has 1 N–H and O–H groups in total. The Bertz CT molecular complexity index is 371. The highest BCUT2D eigenvalue weighted by Gasteiger charge is 2.23. The largest absolute Gasteiger partial charge is 0.380 e. The van der Waals surface area contributed by atoms with Crippen molar-refractivity contribution in [2.45, 2.75) is 18.9 Å². The molecule has 0 bridgehead atoms. The number of amides is 2. The van der Waals surface area contributed by atoms with Crippen LogP contribution >= 0.6 is 0 Å². The molecule has 1 aliphatic rings. The number of carbonyl (C=O) groups is 1. The lowest BCUT2D eigenvalue weighted by atomic mass is 10.1. The number of anilines is 1. The highest BCUT2D eigenvalue weighted by Crippen LogP contribution is 2.13. The van der Waals surface area contributed by atoms with Crippen LogP contribution in [0.4, 0.5) is 10.6 Å². The fourth-order valence-corrected chi connectivity index (χ4v) is 1.87. The van der Waals surface area contributed by atoms with Crippen molar-refractivity contribution in [3.63, 3.8) is 0 Å². The SMILES string of the molecule is COC1CCCN(C(=O)Nc2ccncn2)C1. The van der Waals surface area contributed by atoms with E-state index in [2.05, 4.69) is 15.3 Å². The van der Waals surface area contributed by atoms with Gasteiger partial charge in [0, 0.05) is 26.4 Å². The Kier molecular flexibility index (Phi) is 3.87. The van der Waals surface area contributed by atoms with Crippen molar-refractivity contribution in [1.82, 2.24) is 14.9 Å². The number of hydrogen-bond donors (Lipinski definition) is 1. The first-order valence-corrected chi connectivity index (χ1v) is 5.64. The molecule has 1 saturated heterocycles. The van der Waals surface area contributed by atoms with E-state index < -0.39 is 0 Å². The molecule has 0 saturated carbocycles. The normalized spacial score (nSPS) is 20.1. The Morgan fingerprint density at radius 3 is 3.24 bits per heavy atom. The van der Waals surface area contributed by atoms with Crippen molar-refractivity contribution in [2.24, 2.45) is 0 Å². The fraction of sp³-hybridized carbons (Fsp3) is 0.545. The topological polar surface area (TPSA) is 67.3 Å². The highest BCUT2D eigenvalue weighted by atomic mass is 16.5. The average Bonchev–Trinajstić information content (AvgIpc) is 2.40. The number of ether oxygens (including phenoxy) is 1. The van der Waals surface area contributed by atoms with Gasteiger partial charge in [-0.2, -0.15) is 0 Å². The molecule has 6 heteroatoms. The first kappa shape index (κ1) is 11.8. The van der Waals surface area contributed by atoms with Crippen LogP contribution in [0.2, 0.25) is 0 Å². The van der Waals surface area contributed by atoms with Gasteiger partial charge in [-0.05, 0) is 18.9 Å². The van der Waals surface area contributed by atoms with E-state index >= 15 is 0 Å². The molecule has 1 aliphatic heterocycles. The molecule has 0 radical (unpaired) electrons. The number of nitrogens with one attached hydrogen (secondary N) is 1. The summed E-state index contributed by atoms with van der Waals surface area (Å²) in [5, 5.41) is 2.74. The number of methoxy groups -OCH3 is 1. The summed E-state index contributed by atoms with van der Waals surface area (Å²) in [6.45, 7) is 1.39. The molecule has 2 amide bonds. The van der Waals surface area contributed by atoms with E-state index in [1.54, 1.807) is 24.3 Å². The third kappa shape index (κ3) is 3.13. The molecule has 2 rings (SSSR count). The predicted molar refractivity (Wildman–Crippen MR) is 62.7 cm³/mol. The monoisotopic (exact) mass is 236 g/mol. The van der Waals surface area contributed by atoms with Crippen LogP contribution in [0.25, 0.3) is 0 Å². The number of piperidine rings is 1. The van der Waals surface area contributed by atoms with Crippen molar-refractivity contribution in [1.29, 1.82) is 0 Å². The van der Waals surface area contributed by atoms with Crippen LogP contribution in [-0.2, 0) is 4.74 Å². The maximum absolute atomic E-state index is 11.9.